The van der Waals surface area contributed by atoms with Crippen molar-refractivity contribution >= 4 is 5.91 Å². The molecule has 0 aromatic heterocycles. The number of carbonyl (C=O) groups is 1. The van der Waals surface area contributed by atoms with Crippen LogP contribution in [0, 0.1) is 0 Å². The zero-order valence-corrected chi connectivity index (χ0v) is 10.9. The molecule has 0 bridgehead atoms. The van der Waals surface area contributed by atoms with Crippen LogP contribution in [0.1, 0.15) is 66.2 Å². The van der Waals surface area contributed by atoms with Crippen molar-refractivity contribution in [2.45, 2.75) is 72.3 Å². The molecule has 1 unspecified atom stereocenters. The van der Waals surface area contributed by atoms with Crippen LogP contribution in [0.2, 0.25) is 0 Å². The van der Waals surface area contributed by atoms with Gasteiger partial charge in [0.05, 0.1) is 0 Å². The molecule has 1 atom stereocenters. The summed E-state index contributed by atoms with van der Waals surface area (Å²) in [4.78, 5) is 13.5. The Morgan fingerprint density at radius 1 is 1.13 bits per heavy atom. The monoisotopic (exact) mass is 213 g/mol. The molecule has 1 amide bonds. The largest absolute Gasteiger partial charge is 0.340 e. The quantitative estimate of drug-likeness (QED) is 0.564. The molecule has 0 saturated heterocycles. The first-order valence-corrected chi connectivity index (χ1v) is 6.40. The van der Waals surface area contributed by atoms with Crippen LogP contribution in [0.4, 0.5) is 0 Å². The van der Waals surface area contributed by atoms with E-state index in [1.54, 1.807) is 6.92 Å². The van der Waals surface area contributed by atoms with Crippen LogP contribution >= 0.6 is 0 Å². The van der Waals surface area contributed by atoms with Gasteiger partial charge < -0.3 is 4.90 Å². The molecule has 0 aromatic rings. The number of carbonyl (C=O) groups excluding carboxylic acids is 1. The topological polar surface area (TPSA) is 20.3 Å². The number of hydrogen-bond acceptors (Lipinski definition) is 1. The summed E-state index contributed by atoms with van der Waals surface area (Å²) in [6, 6.07) is 0.417. The van der Waals surface area contributed by atoms with Crippen LogP contribution in [0.5, 0.6) is 0 Å². The summed E-state index contributed by atoms with van der Waals surface area (Å²) >= 11 is 0. The lowest BCUT2D eigenvalue weighted by Gasteiger charge is -2.28. The second-order valence-electron chi connectivity index (χ2n) is 4.41. The van der Waals surface area contributed by atoms with Crippen LogP contribution in [-0.4, -0.2) is 23.4 Å². The van der Waals surface area contributed by atoms with Crippen molar-refractivity contribution in [3.05, 3.63) is 0 Å². The van der Waals surface area contributed by atoms with Gasteiger partial charge in [0.25, 0.3) is 0 Å². The van der Waals surface area contributed by atoms with E-state index in [1.165, 1.54) is 19.3 Å². The Labute approximate surface area is 95.0 Å². The fourth-order valence-electron chi connectivity index (χ4n) is 1.86. The van der Waals surface area contributed by atoms with Gasteiger partial charge in [0.2, 0.25) is 5.91 Å². The van der Waals surface area contributed by atoms with E-state index < -0.39 is 0 Å². The molecule has 0 aliphatic heterocycles. The minimum Gasteiger partial charge on any atom is -0.340 e. The van der Waals surface area contributed by atoms with Crippen LogP contribution in [0.3, 0.4) is 0 Å². The van der Waals surface area contributed by atoms with Gasteiger partial charge in [-0.3, -0.25) is 4.79 Å². The molecule has 2 nitrogen and oxygen atoms in total. The van der Waals surface area contributed by atoms with Gasteiger partial charge in [-0.25, -0.2) is 0 Å². The number of unbranched alkanes of at least 4 members (excludes halogenated alkanes) is 3. The predicted octanol–water partition coefficient (Wildman–Crippen LogP) is 3.60. The van der Waals surface area contributed by atoms with Crippen LogP contribution < -0.4 is 0 Å². The van der Waals surface area contributed by atoms with Gasteiger partial charge in [0.1, 0.15) is 0 Å². The molecular formula is C13H27NO. The van der Waals surface area contributed by atoms with E-state index >= 15 is 0 Å². The van der Waals surface area contributed by atoms with E-state index in [0.717, 1.165) is 25.8 Å². The maximum atomic E-state index is 11.4. The molecule has 0 radical (unpaired) electrons. The molecule has 0 aliphatic carbocycles. The highest BCUT2D eigenvalue weighted by molar-refractivity contribution is 5.73. The summed E-state index contributed by atoms with van der Waals surface area (Å²) < 4.78 is 0. The lowest BCUT2D eigenvalue weighted by atomic mass is 10.1. The molecule has 0 rings (SSSR count). The Morgan fingerprint density at radius 3 is 2.20 bits per heavy atom. The average Bonchev–Trinajstić information content (AvgIpc) is 2.18. The van der Waals surface area contributed by atoms with E-state index in [2.05, 4.69) is 20.8 Å². The van der Waals surface area contributed by atoms with E-state index in [0.29, 0.717) is 6.04 Å². The van der Waals surface area contributed by atoms with Crippen molar-refractivity contribution in [3.8, 4) is 0 Å². The molecule has 0 spiro atoms. The lowest BCUT2D eigenvalue weighted by molar-refractivity contribution is -0.131. The van der Waals surface area contributed by atoms with Crippen LogP contribution in [0.15, 0.2) is 0 Å². The standard InChI is InChI=1S/C13H27NO/c1-5-7-9-10-12(3)14(13(4)15)11-8-6-2/h12H,5-11H2,1-4H3. The van der Waals surface area contributed by atoms with Crippen molar-refractivity contribution in [2.24, 2.45) is 0 Å². The smallest absolute Gasteiger partial charge is 0.219 e. The normalized spacial score (nSPS) is 12.5. The summed E-state index contributed by atoms with van der Waals surface area (Å²) in [5, 5.41) is 0. The minimum absolute atomic E-state index is 0.229. The minimum atomic E-state index is 0.229. The Hall–Kier alpha value is -0.530. The molecule has 15 heavy (non-hydrogen) atoms. The average molecular weight is 213 g/mol. The van der Waals surface area contributed by atoms with Gasteiger partial charge in [-0.2, -0.15) is 0 Å². The summed E-state index contributed by atoms with van der Waals surface area (Å²) in [6.07, 6.45) is 7.21. The maximum Gasteiger partial charge on any atom is 0.219 e. The highest BCUT2D eigenvalue weighted by Crippen LogP contribution is 2.11. The third-order valence-electron chi connectivity index (χ3n) is 2.91. The highest BCUT2D eigenvalue weighted by Gasteiger charge is 2.15. The van der Waals surface area contributed by atoms with Crippen molar-refractivity contribution in [2.75, 3.05) is 6.54 Å². The summed E-state index contributed by atoms with van der Waals surface area (Å²) in [7, 11) is 0. The third-order valence-corrected chi connectivity index (χ3v) is 2.91. The molecule has 0 saturated carbocycles. The van der Waals surface area contributed by atoms with Crippen molar-refractivity contribution < 1.29 is 4.79 Å². The molecular weight excluding hydrogens is 186 g/mol. The fourth-order valence-corrected chi connectivity index (χ4v) is 1.86. The van der Waals surface area contributed by atoms with Crippen molar-refractivity contribution in [1.82, 2.24) is 4.90 Å². The van der Waals surface area contributed by atoms with Gasteiger partial charge in [-0.1, -0.05) is 39.5 Å². The highest BCUT2D eigenvalue weighted by atomic mass is 16.2. The lowest BCUT2D eigenvalue weighted by Crippen LogP contribution is -2.37. The van der Waals surface area contributed by atoms with E-state index in [4.69, 9.17) is 0 Å². The van der Waals surface area contributed by atoms with Gasteiger partial charge in [0, 0.05) is 19.5 Å². The fraction of sp³-hybridized carbons (Fsp3) is 0.923. The SMILES string of the molecule is CCCCCC(C)N(CCCC)C(C)=O. The van der Waals surface area contributed by atoms with E-state index in [1.807, 2.05) is 4.90 Å². The first-order chi connectivity index (χ1) is 7.13. The molecule has 0 fully saturated rings. The second-order valence-corrected chi connectivity index (χ2v) is 4.41. The van der Waals surface area contributed by atoms with Crippen LogP contribution in [-0.2, 0) is 4.79 Å². The number of nitrogens with zero attached hydrogens (tertiary/aromatic N) is 1. The number of hydrogen-bond donors (Lipinski definition) is 0. The van der Waals surface area contributed by atoms with Gasteiger partial charge in [-0.15, -0.1) is 0 Å². The molecule has 0 N–H and O–H groups in total. The van der Waals surface area contributed by atoms with E-state index in [9.17, 15) is 4.79 Å². The Bertz CT molecular complexity index is 168. The first kappa shape index (κ1) is 14.5. The number of amides is 1. The van der Waals surface area contributed by atoms with Gasteiger partial charge in [-0.05, 0) is 19.8 Å². The molecule has 0 aromatic carbocycles. The van der Waals surface area contributed by atoms with Crippen molar-refractivity contribution in [3.63, 3.8) is 0 Å². The second kappa shape index (κ2) is 8.75. The summed E-state index contributed by atoms with van der Waals surface area (Å²) in [5.41, 5.74) is 0. The molecule has 0 heterocycles. The molecule has 2 heteroatoms. The van der Waals surface area contributed by atoms with Gasteiger partial charge >= 0.3 is 0 Å². The van der Waals surface area contributed by atoms with Crippen LogP contribution in [0.25, 0.3) is 0 Å². The Kier molecular flexibility index (Phi) is 8.44. The Morgan fingerprint density at radius 2 is 1.73 bits per heavy atom. The van der Waals surface area contributed by atoms with Crippen molar-refractivity contribution in [1.29, 1.82) is 0 Å². The zero-order chi connectivity index (χ0) is 11.7. The summed E-state index contributed by atoms with van der Waals surface area (Å²) in [6.45, 7) is 9.17. The maximum absolute atomic E-state index is 11.4. The van der Waals surface area contributed by atoms with E-state index in [-0.39, 0.29) is 5.91 Å². The predicted molar refractivity (Wildman–Crippen MR) is 65.9 cm³/mol. The zero-order valence-electron chi connectivity index (χ0n) is 10.9. The number of rotatable bonds is 8. The first-order valence-electron chi connectivity index (χ1n) is 6.40. The third kappa shape index (κ3) is 6.53. The summed E-state index contributed by atoms with van der Waals surface area (Å²) in [5.74, 6) is 0.229. The molecule has 90 valence electrons. The van der Waals surface area contributed by atoms with Gasteiger partial charge in [0.15, 0.2) is 0 Å². The Balaban J connectivity index is 3.93. The molecule has 0 aliphatic rings.